The number of methoxy groups -OCH3 is 1. The molecular formula is C21H25NO6S. The Morgan fingerprint density at radius 1 is 1.31 bits per heavy atom. The Hall–Kier alpha value is -2.74. The van der Waals surface area contributed by atoms with Crippen molar-refractivity contribution in [2.24, 2.45) is 0 Å². The van der Waals surface area contributed by atoms with Crippen LogP contribution in [0.1, 0.15) is 31.9 Å². The van der Waals surface area contributed by atoms with Crippen molar-refractivity contribution in [2.75, 3.05) is 20.3 Å². The van der Waals surface area contributed by atoms with Gasteiger partial charge in [-0.25, -0.2) is 0 Å². The lowest BCUT2D eigenvalue weighted by molar-refractivity contribution is -0.149. The summed E-state index contributed by atoms with van der Waals surface area (Å²) < 4.78 is 16.1. The van der Waals surface area contributed by atoms with E-state index in [1.165, 1.54) is 0 Å². The molecule has 1 aliphatic rings. The molecule has 1 aliphatic heterocycles. The summed E-state index contributed by atoms with van der Waals surface area (Å²) in [6.45, 7) is 9.06. The molecule has 0 aliphatic carbocycles. The number of amides is 2. The number of imide groups is 1. The van der Waals surface area contributed by atoms with E-state index in [0.717, 1.165) is 22.2 Å². The lowest BCUT2D eigenvalue weighted by Crippen LogP contribution is -2.35. The summed E-state index contributed by atoms with van der Waals surface area (Å²) in [6, 6.07) is 3.60. The number of esters is 1. The predicted molar refractivity (Wildman–Crippen MR) is 112 cm³/mol. The molecule has 1 aromatic rings. The summed E-state index contributed by atoms with van der Waals surface area (Å²) in [7, 11) is 1.56. The van der Waals surface area contributed by atoms with E-state index < -0.39 is 23.7 Å². The topological polar surface area (TPSA) is 82.1 Å². The van der Waals surface area contributed by atoms with Crippen molar-refractivity contribution in [1.29, 1.82) is 0 Å². The molecule has 0 saturated carbocycles. The van der Waals surface area contributed by atoms with Crippen LogP contribution in [-0.4, -0.2) is 48.4 Å². The van der Waals surface area contributed by atoms with Gasteiger partial charge in [0.25, 0.3) is 11.1 Å². The van der Waals surface area contributed by atoms with Crippen LogP contribution in [0, 0.1) is 0 Å². The number of ether oxygens (including phenoxy) is 3. The standard InChI is InChI=1S/C21H25NO6S/c1-6-8-15-9-14(10-16(27-7-2)19(15)26-5)11-17-20(24)22(21(25)29-17)12-18(23)28-13(3)4/h6,9-11,13H,1,7-8,12H2,2-5H3/b17-11+. The fourth-order valence-electron chi connectivity index (χ4n) is 2.79. The zero-order chi connectivity index (χ0) is 21.6. The van der Waals surface area contributed by atoms with Gasteiger partial charge >= 0.3 is 5.97 Å². The van der Waals surface area contributed by atoms with E-state index in [1.807, 2.05) is 13.0 Å². The molecule has 1 aromatic carbocycles. The smallest absolute Gasteiger partial charge is 0.326 e. The number of benzene rings is 1. The molecule has 0 spiro atoms. The Morgan fingerprint density at radius 3 is 2.62 bits per heavy atom. The molecule has 0 radical (unpaired) electrons. The molecule has 2 amide bonds. The molecule has 1 heterocycles. The van der Waals surface area contributed by atoms with Crippen molar-refractivity contribution in [3.05, 3.63) is 40.8 Å². The molecule has 0 unspecified atom stereocenters. The van der Waals surface area contributed by atoms with Gasteiger partial charge in [-0.1, -0.05) is 6.08 Å². The molecule has 0 N–H and O–H groups in total. The first kappa shape index (κ1) is 22.5. The third kappa shape index (κ3) is 5.63. The maximum Gasteiger partial charge on any atom is 0.326 e. The minimum absolute atomic E-state index is 0.226. The van der Waals surface area contributed by atoms with E-state index >= 15 is 0 Å². The zero-order valence-electron chi connectivity index (χ0n) is 17.0. The van der Waals surface area contributed by atoms with E-state index in [2.05, 4.69) is 6.58 Å². The third-order valence-corrected chi connectivity index (χ3v) is 4.76. The highest BCUT2D eigenvalue weighted by Gasteiger charge is 2.36. The van der Waals surface area contributed by atoms with Gasteiger partial charge < -0.3 is 14.2 Å². The third-order valence-electron chi connectivity index (χ3n) is 3.85. The molecule has 1 fully saturated rings. The zero-order valence-corrected chi connectivity index (χ0v) is 17.8. The van der Waals surface area contributed by atoms with Gasteiger partial charge in [0.15, 0.2) is 11.5 Å². The van der Waals surface area contributed by atoms with Crippen LogP contribution < -0.4 is 9.47 Å². The van der Waals surface area contributed by atoms with E-state index in [9.17, 15) is 14.4 Å². The summed E-state index contributed by atoms with van der Waals surface area (Å²) in [6.07, 6.45) is 3.57. The van der Waals surface area contributed by atoms with Crippen LogP contribution in [0.4, 0.5) is 4.79 Å². The van der Waals surface area contributed by atoms with Gasteiger partial charge in [-0.2, -0.15) is 0 Å². The second kappa shape index (κ2) is 10.2. The molecule has 29 heavy (non-hydrogen) atoms. The first-order valence-electron chi connectivity index (χ1n) is 9.20. The van der Waals surface area contributed by atoms with Gasteiger partial charge in [-0.3, -0.25) is 19.3 Å². The normalized spacial score (nSPS) is 15.2. The number of carbonyl (C=O) groups is 3. The molecule has 8 heteroatoms. The minimum atomic E-state index is -0.625. The van der Waals surface area contributed by atoms with Crippen LogP contribution in [0.25, 0.3) is 6.08 Å². The van der Waals surface area contributed by atoms with Crippen molar-refractivity contribution < 1.29 is 28.6 Å². The Labute approximate surface area is 174 Å². The fourth-order valence-corrected chi connectivity index (χ4v) is 3.62. The van der Waals surface area contributed by atoms with Crippen LogP contribution in [0.3, 0.4) is 0 Å². The average Bonchev–Trinajstić information content (AvgIpc) is 2.89. The number of hydrogen-bond donors (Lipinski definition) is 0. The van der Waals surface area contributed by atoms with Crippen LogP contribution in [0.15, 0.2) is 29.7 Å². The van der Waals surface area contributed by atoms with E-state index in [1.54, 1.807) is 39.2 Å². The second-order valence-electron chi connectivity index (χ2n) is 6.44. The fraction of sp³-hybridized carbons (Fsp3) is 0.381. The highest BCUT2D eigenvalue weighted by molar-refractivity contribution is 8.18. The molecule has 0 aromatic heterocycles. The summed E-state index contributed by atoms with van der Waals surface area (Å²) in [5, 5.41) is -0.508. The lowest BCUT2D eigenvalue weighted by atomic mass is 10.0. The van der Waals surface area contributed by atoms with Gasteiger partial charge in [-0.15, -0.1) is 6.58 Å². The van der Waals surface area contributed by atoms with Crippen LogP contribution in [-0.2, 0) is 20.7 Å². The molecule has 156 valence electrons. The second-order valence-corrected chi connectivity index (χ2v) is 7.44. The Morgan fingerprint density at radius 2 is 2.03 bits per heavy atom. The van der Waals surface area contributed by atoms with E-state index in [4.69, 9.17) is 14.2 Å². The monoisotopic (exact) mass is 419 g/mol. The van der Waals surface area contributed by atoms with Crippen molar-refractivity contribution in [3.63, 3.8) is 0 Å². The van der Waals surface area contributed by atoms with Gasteiger partial charge in [0.1, 0.15) is 6.54 Å². The number of thioether (sulfide) groups is 1. The lowest BCUT2D eigenvalue weighted by Gasteiger charge is -2.15. The van der Waals surface area contributed by atoms with Crippen LogP contribution in [0.2, 0.25) is 0 Å². The maximum atomic E-state index is 12.6. The van der Waals surface area contributed by atoms with E-state index in [0.29, 0.717) is 30.1 Å². The van der Waals surface area contributed by atoms with E-state index in [-0.39, 0.29) is 11.0 Å². The van der Waals surface area contributed by atoms with Crippen molar-refractivity contribution >= 4 is 35.0 Å². The molecular weight excluding hydrogens is 394 g/mol. The van der Waals surface area contributed by atoms with Gasteiger partial charge in [0, 0.05) is 5.56 Å². The summed E-state index contributed by atoms with van der Waals surface area (Å²) in [5.41, 5.74) is 1.53. The van der Waals surface area contributed by atoms with Crippen molar-refractivity contribution in [1.82, 2.24) is 4.90 Å². The van der Waals surface area contributed by atoms with Gasteiger partial charge in [0.2, 0.25) is 0 Å². The molecule has 0 bridgehead atoms. The van der Waals surface area contributed by atoms with Crippen molar-refractivity contribution in [2.45, 2.75) is 33.3 Å². The Bertz CT molecular complexity index is 846. The SMILES string of the molecule is C=CCc1cc(/C=C2/SC(=O)N(CC(=O)OC(C)C)C2=O)cc(OCC)c1OC. The molecule has 0 atom stereocenters. The quantitative estimate of drug-likeness (QED) is 0.342. The van der Waals surface area contributed by atoms with Crippen molar-refractivity contribution in [3.8, 4) is 11.5 Å². The van der Waals surface area contributed by atoms with Crippen LogP contribution >= 0.6 is 11.8 Å². The highest BCUT2D eigenvalue weighted by Crippen LogP contribution is 2.37. The number of rotatable bonds is 9. The molecule has 1 saturated heterocycles. The number of hydrogen-bond acceptors (Lipinski definition) is 7. The number of allylic oxidation sites excluding steroid dienone is 1. The molecule has 7 nitrogen and oxygen atoms in total. The summed E-state index contributed by atoms with van der Waals surface area (Å²) in [4.78, 5) is 37.8. The highest BCUT2D eigenvalue weighted by atomic mass is 32.2. The maximum absolute atomic E-state index is 12.6. The largest absolute Gasteiger partial charge is 0.493 e. The minimum Gasteiger partial charge on any atom is -0.493 e. The number of nitrogens with zero attached hydrogens (tertiary/aromatic N) is 1. The predicted octanol–water partition coefficient (Wildman–Crippen LogP) is 3.81. The first-order valence-corrected chi connectivity index (χ1v) is 10.0. The summed E-state index contributed by atoms with van der Waals surface area (Å²) in [5.74, 6) is -0.00608. The Balaban J connectivity index is 2.33. The first-order chi connectivity index (χ1) is 13.8. The summed E-state index contributed by atoms with van der Waals surface area (Å²) >= 11 is 0.784. The van der Waals surface area contributed by atoms with Gasteiger partial charge in [0.05, 0.1) is 24.7 Å². The molecule has 2 rings (SSSR count). The van der Waals surface area contributed by atoms with Crippen LogP contribution in [0.5, 0.6) is 11.5 Å². The average molecular weight is 419 g/mol. The van der Waals surface area contributed by atoms with Gasteiger partial charge in [-0.05, 0) is 62.7 Å². The Kier molecular flexibility index (Phi) is 7.90. The number of carbonyl (C=O) groups excluding carboxylic acids is 3.